The zero-order valence-electron chi connectivity index (χ0n) is 19.4. The number of esters is 1. The molecule has 0 fully saturated rings. The molecule has 1 aliphatic rings. The van der Waals surface area contributed by atoms with Crippen molar-refractivity contribution >= 4 is 13.7 Å². The number of H-pyrrole nitrogens is 1. The highest BCUT2D eigenvalue weighted by molar-refractivity contribution is 7.52. The van der Waals surface area contributed by atoms with Crippen LogP contribution in [0.25, 0.3) is 0 Å². The Morgan fingerprint density at radius 2 is 2.09 bits per heavy atom. The fourth-order valence-corrected chi connectivity index (χ4v) is 4.63. The van der Waals surface area contributed by atoms with Crippen molar-refractivity contribution in [2.75, 3.05) is 13.2 Å². The van der Waals surface area contributed by atoms with Crippen LogP contribution in [0.1, 0.15) is 25.6 Å². The number of hydrogen-bond acceptors (Lipinski definition) is 8. The van der Waals surface area contributed by atoms with Gasteiger partial charge in [0.15, 0.2) is 11.8 Å². The van der Waals surface area contributed by atoms with E-state index in [4.69, 9.17) is 24.9 Å². The summed E-state index contributed by atoms with van der Waals surface area (Å²) in [4.78, 5) is 38.2. The first-order valence-electron chi connectivity index (χ1n) is 10.7. The Balaban J connectivity index is 1.80. The molecule has 2 heterocycles. The van der Waals surface area contributed by atoms with Gasteiger partial charge in [-0.15, -0.1) is 6.42 Å². The lowest BCUT2D eigenvalue weighted by atomic mass is 10.1. The second-order valence-corrected chi connectivity index (χ2v) is 9.35. The molecular weight excluding hydrogens is 477 g/mol. The van der Waals surface area contributed by atoms with Gasteiger partial charge < -0.3 is 14.0 Å². The maximum Gasteiger partial charge on any atom is 0.459 e. The zero-order valence-corrected chi connectivity index (χ0v) is 20.3. The van der Waals surface area contributed by atoms with Gasteiger partial charge in [-0.1, -0.05) is 24.1 Å². The van der Waals surface area contributed by atoms with Crippen LogP contribution in [0.15, 0.2) is 58.3 Å². The average molecular weight is 503 g/mol. The number of carbonyl (C=O) groups is 1. The van der Waals surface area contributed by atoms with Gasteiger partial charge in [-0.2, -0.15) is 5.09 Å². The second kappa shape index (κ2) is 10.9. The first-order chi connectivity index (χ1) is 16.6. The van der Waals surface area contributed by atoms with Crippen LogP contribution in [-0.4, -0.2) is 40.4 Å². The Morgan fingerprint density at radius 1 is 1.37 bits per heavy atom. The Labute approximate surface area is 201 Å². The summed E-state index contributed by atoms with van der Waals surface area (Å²) >= 11 is 0. The van der Waals surface area contributed by atoms with Crippen molar-refractivity contribution in [1.29, 1.82) is 0 Å². The highest BCUT2D eigenvalue weighted by Crippen LogP contribution is 2.46. The van der Waals surface area contributed by atoms with E-state index in [2.05, 4.69) is 16.0 Å². The maximum atomic E-state index is 13.6. The first kappa shape index (κ1) is 26.2. The fourth-order valence-electron chi connectivity index (χ4n) is 3.11. The third-order valence-corrected chi connectivity index (χ3v) is 6.56. The number of aromatic nitrogens is 2. The molecule has 12 heteroatoms. The minimum atomic E-state index is -4.18. The molecule has 0 amide bonds. The van der Waals surface area contributed by atoms with E-state index in [1.54, 1.807) is 44.2 Å². The summed E-state index contributed by atoms with van der Waals surface area (Å²) in [6.07, 6.45) is 9.08. The van der Waals surface area contributed by atoms with Crippen molar-refractivity contribution in [2.24, 2.45) is 0 Å². The van der Waals surface area contributed by atoms with Crippen LogP contribution in [-0.2, 0) is 23.4 Å². The Bertz CT molecular complexity index is 1300. The molecule has 1 aromatic carbocycles. The molecule has 3 rings (SSSR count). The van der Waals surface area contributed by atoms with Crippen molar-refractivity contribution in [3.8, 4) is 18.1 Å². The predicted octanol–water partition coefficient (Wildman–Crippen LogP) is 2.05. The summed E-state index contributed by atoms with van der Waals surface area (Å²) in [6.45, 7) is 4.33. The Kier molecular flexibility index (Phi) is 8.14. The molecule has 35 heavy (non-hydrogen) atoms. The van der Waals surface area contributed by atoms with E-state index < -0.39 is 49.4 Å². The number of terminal acetylenes is 1. The summed E-state index contributed by atoms with van der Waals surface area (Å²) in [7, 11) is -4.18. The van der Waals surface area contributed by atoms with Crippen LogP contribution in [0.2, 0.25) is 0 Å². The normalized spacial score (nSPS) is 21.6. The molecule has 0 saturated carbocycles. The predicted molar refractivity (Wildman–Crippen MR) is 127 cm³/mol. The third kappa shape index (κ3) is 6.38. The molecular formula is C23H26N3O8P. The molecule has 0 spiro atoms. The summed E-state index contributed by atoms with van der Waals surface area (Å²) in [6, 6.07) is 7.21. The number of aryl methyl sites for hydroxylation is 1. The highest BCUT2D eigenvalue weighted by Gasteiger charge is 2.40. The third-order valence-electron chi connectivity index (χ3n) is 4.94. The summed E-state index contributed by atoms with van der Waals surface area (Å²) < 4.78 is 36.8. The number of benzene rings is 1. The van der Waals surface area contributed by atoms with E-state index in [1.807, 2.05) is 0 Å². The highest BCUT2D eigenvalue weighted by atomic mass is 31.2. The van der Waals surface area contributed by atoms with Crippen LogP contribution < -0.4 is 20.9 Å². The molecule has 186 valence electrons. The van der Waals surface area contributed by atoms with E-state index in [0.29, 0.717) is 5.56 Å². The number of hydrogen-bond donors (Lipinski definition) is 2. The van der Waals surface area contributed by atoms with E-state index in [0.717, 1.165) is 4.57 Å². The molecule has 0 bridgehead atoms. The topological polar surface area (TPSA) is 138 Å². The van der Waals surface area contributed by atoms with E-state index in [9.17, 15) is 18.9 Å². The van der Waals surface area contributed by atoms with Crippen molar-refractivity contribution in [3.63, 3.8) is 0 Å². The van der Waals surface area contributed by atoms with Crippen LogP contribution in [0.4, 0.5) is 0 Å². The largest absolute Gasteiger partial charge is 0.465 e. The molecule has 1 aliphatic heterocycles. The number of carbonyl (C=O) groups excluding carboxylic acids is 1. The number of rotatable bonds is 10. The maximum absolute atomic E-state index is 13.6. The number of aromatic amines is 1. The monoisotopic (exact) mass is 503 g/mol. The fraction of sp³-hybridized carbons (Fsp3) is 0.348. The molecule has 2 N–H and O–H groups in total. The van der Waals surface area contributed by atoms with Gasteiger partial charge in [-0.25, -0.2) is 9.36 Å². The number of nitrogens with zero attached hydrogens (tertiary/aromatic N) is 1. The van der Waals surface area contributed by atoms with Gasteiger partial charge in [0.05, 0.1) is 6.61 Å². The summed E-state index contributed by atoms with van der Waals surface area (Å²) in [5.74, 6) is 2.02. The quantitative estimate of drug-likeness (QED) is 0.216. The summed E-state index contributed by atoms with van der Waals surface area (Å²) in [5.41, 5.74) is -2.42. The van der Waals surface area contributed by atoms with Crippen LogP contribution >= 0.6 is 7.75 Å². The molecule has 1 aromatic heterocycles. The SMILES string of the molecule is C#C[C@@]1(CO[P@@](=O)(N[C@@H](C)C(=O)OCC)Oc2ccccc2)C=C[C@H](n2cc(C)c(=O)[nH]c2=O)O1. The summed E-state index contributed by atoms with van der Waals surface area (Å²) in [5, 5.41) is 2.55. The van der Waals surface area contributed by atoms with Gasteiger partial charge in [0, 0.05) is 11.8 Å². The van der Waals surface area contributed by atoms with Crippen LogP contribution in [0.3, 0.4) is 0 Å². The van der Waals surface area contributed by atoms with Crippen molar-refractivity contribution in [3.05, 3.63) is 75.1 Å². The van der Waals surface area contributed by atoms with Crippen molar-refractivity contribution in [2.45, 2.75) is 38.6 Å². The average Bonchev–Trinajstić information content (AvgIpc) is 3.26. The number of ether oxygens (including phenoxy) is 2. The molecule has 11 nitrogen and oxygen atoms in total. The molecule has 0 saturated heterocycles. The van der Waals surface area contributed by atoms with Gasteiger partial charge in [0.25, 0.3) is 5.56 Å². The minimum absolute atomic E-state index is 0.138. The lowest BCUT2D eigenvalue weighted by Gasteiger charge is -2.28. The lowest BCUT2D eigenvalue weighted by molar-refractivity contribution is -0.144. The van der Waals surface area contributed by atoms with Crippen molar-refractivity contribution < 1.29 is 27.9 Å². The van der Waals surface area contributed by atoms with Crippen LogP contribution in [0, 0.1) is 19.3 Å². The van der Waals surface area contributed by atoms with Gasteiger partial charge >= 0.3 is 19.4 Å². The number of para-hydroxylation sites is 1. The van der Waals surface area contributed by atoms with Gasteiger partial charge in [-0.3, -0.25) is 23.7 Å². The first-order valence-corrected chi connectivity index (χ1v) is 12.3. The minimum Gasteiger partial charge on any atom is -0.465 e. The van der Waals surface area contributed by atoms with Gasteiger partial charge in [-0.05, 0) is 45.1 Å². The smallest absolute Gasteiger partial charge is 0.459 e. The molecule has 0 aliphatic carbocycles. The van der Waals surface area contributed by atoms with E-state index in [-0.39, 0.29) is 12.4 Å². The molecule has 2 aromatic rings. The van der Waals surface area contributed by atoms with Crippen molar-refractivity contribution in [1.82, 2.24) is 14.6 Å². The van der Waals surface area contributed by atoms with E-state index in [1.165, 1.54) is 25.3 Å². The zero-order chi connectivity index (χ0) is 25.6. The van der Waals surface area contributed by atoms with Gasteiger partial charge in [0.1, 0.15) is 18.4 Å². The Hall–Kier alpha value is -3.42. The molecule has 0 radical (unpaired) electrons. The lowest BCUT2D eigenvalue weighted by Crippen LogP contribution is -2.39. The standard InChI is InChI=1S/C23H26N3O8P/c1-5-23(13-12-19(33-23)26-14-16(3)20(27)24-22(26)29)15-32-35(30,25-17(4)21(28)31-6-2)34-18-10-8-7-9-11-18/h1,7-14,17,19H,6,15H2,2-4H3,(H,25,30)(H,24,27,29)/t17-,19+,23-,35-/m0/s1. The van der Waals surface area contributed by atoms with Crippen LogP contribution in [0.5, 0.6) is 5.75 Å². The van der Waals surface area contributed by atoms with E-state index >= 15 is 0 Å². The Morgan fingerprint density at radius 3 is 2.74 bits per heavy atom. The van der Waals surface area contributed by atoms with Gasteiger partial charge in [0.2, 0.25) is 0 Å². The molecule has 4 atom stereocenters. The molecule has 0 unspecified atom stereocenters. The number of nitrogens with one attached hydrogen (secondary N) is 2. The second-order valence-electron chi connectivity index (χ2n) is 7.66.